The number of benzene rings is 1. The second-order valence-electron chi connectivity index (χ2n) is 4.87. The van der Waals surface area contributed by atoms with Crippen molar-refractivity contribution in [2.45, 2.75) is 25.8 Å². The first kappa shape index (κ1) is 12.5. The van der Waals surface area contributed by atoms with E-state index in [1.54, 1.807) is 4.68 Å². The van der Waals surface area contributed by atoms with Gasteiger partial charge in [0.2, 0.25) is 0 Å². The molecule has 0 amide bonds. The highest BCUT2D eigenvalue weighted by atomic mass is 15.5. The van der Waals surface area contributed by atoms with E-state index in [9.17, 15) is 0 Å². The third-order valence-corrected chi connectivity index (χ3v) is 3.49. The molecule has 0 unspecified atom stereocenters. The largest absolute Gasteiger partial charge is 0.395 e. The first-order valence-corrected chi connectivity index (χ1v) is 6.62. The summed E-state index contributed by atoms with van der Waals surface area (Å²) < 4.78 is 1.68. The van der Waals surface area contributed by atoms with Crippen molar-refractivity contribution in [3.05, 3.63) is 47.3 Å². The first-order valence-electron chi connectivity index (χ1n) is 6.62. The number of allylic oxidation sites excluding steroid dienone is 1. The van der Waals surface area contributed by atoms with Crippen LogP contribution >= 0.6 is 0 Å². The minimum absolute atomic E-state index is 0.536. The number of nitrogens with zero attached hydrogens (tertiary/aromatic N) is 4. The zero-order chi connectivity index (χ0) is 13.9. The molecule has 0 bridgehead atoms. The zero-order valence-electron chi connectivity index (χ0n) is 11.1. The first-order chi connectivity index (χ1) is 9.75. The van der Waals surface area contributed by atoms with Gasteiger partial charge in [0, 0.05) is 5.71 Å². The molecule has 1 saturated carbocycles. The molecule has 0 aliphatic heterocycles. The Morgan fingerprint density at radius 3 is 2.75 bits per heavy atom. The fourth-order valence-corrected chi connectivity index (χ4v) is 2.44. The Morgan fingerprint density at radius 2 is 2.05 bits per heavy atom. The number of nitrogens with one attached hydrogen (secondary N) is 1. The van der Waals surface area contributed by atoms with Crippen LogP contribution < -0.4 is 5.73 Å². The predicted octanol–water partition coefficient (Wildman–Crippen LogP) is 1.59. The van der Waals surface area contributed by atoms with E-state index in [4.69, 9.17) is 11.1 Å². The number of hydrogen-bond donors (Lipinski definition) is 2. The maximum absolute atomic E-state index is 7.91. The molecular weight excluding hydrogens is 252 g/mol. The molecule has 20 heavy (non-hydrogen) atoms. The van der Waals surface area contributed by atoms with Gasteiger partial charge in [-0.1, -0.05) is 30.3 Å². The molecule has 1 heterocycles. The van der Waals surface area contributed by atoms with Crippen molar-refractivity contribution < 1.29 is 0 Å². The Morgan fingerprint density at radius 1 is 1.25 bits per heavy atom. The summed E-state index contributed by atoms with van der Waals surface area (Å²) in [5.74, 6) is 0.551. The van der Waals surface area contributed by atoms with Gasteiger partial charge < -0.3 is 11.1 Å². The van der Waals surface area contributed by atoms with Crippen molar-refractivity contribution in [1.29, 1.82) is 5.41 Å². The van der Waals surface area contributed by atoms with E-state index < -0.39 is 0 Å². The van der Waals surface area contributed by atoms with Crippen LogP contribution in [0, 0.1) is 5.41 Å². The van der Waals surface area contributed by atoms with E-state index in [2.05, 4.69) is 15.5 Å². The number of hydrogen-bond acceptors (Lipinski definition) is 5. The zero-order valence-corrected chi connectivity index (χ0v) is 11.1. The molecular formula is C14H16N6. The number of rotatable bonds is 3. The van der Waals surface area contributed by atoms with Crippen LogP contribution in [0.2, 0.25) is 0 Å². The maximum Gasteiger partial charge on any atom is 0.198 e. The summed E-state index contributed by atoms with van der Waals surface area (Å²) in [6.07, 6.45) is 2.61. The van der Waals surface area contributed by atoms with Crippen LogP contribution in [0.25, 0.3) is 5.70 Å². The lowest BCUT2D eigenvalue weighted by atomic mass is 10.1. The highest BCUT2D eigenvalue weighted by Crippen LogP contribution is 2.25. The van der Waals surface area contributed by atoms with E-state index >= 15 is 0 Å². The standard InChI is InChI=1S/C14H16N6/c15-12-8-4-7-11(12)13(16)14-17-18-19-20(14)9-10-5-2-1-3-6-10/h1-3,5-6,15H,4,7-9,16H2. The summed E-state index contributed by atoms with van der Waals surface area (Å²) in [7, 11) is 0. The van der Waals surface area contributed by atoms with Crippen molar-refractivity contribution in [3.8, 4) is 0 Å². The number of tetrazole rings is 1. The second-order valence-corrected chi connectivity index (χ2v) is 4.87. The summed E-state index contributed by atoms with van der Waals surface area (Å²) in [5.41, 5.74) is 9.30. The molecule has 6 heteroatoms. The highest BCUT2D eigenvalue weighted by Gasteiger charge is 2.20. The van der Waals surface area contributed by atoms with E-state index in [0.717, 1.165) is 30.4 Å². The van der Waals surface area contributed by atoms with Gasteiger partial charge in [-0.15, -0.1) is 5.10 Å². The minimum atomic E-state index is 0.536. The van der Waals surface area contributed by atoms with Crippen LogP contribution in [-0.2, 0) is 6.54 Å². The molecule has 1 aliphatic rings. The molecule has 1 aliphatic carbocycles. The van der Waals surface area contributed by atoms with Gasteiger partial charge in [0.15, 0.2) is 5.82 Å². The maximum atomic E-state index is 7.91. The predicted molar refractivity (Wildman–Crippen MR) is 76.0 cm³/mol. The molecule has 0 spiro atoms. The Kier molecular flexibility index (Phi) is 3.28. The van der Waals surface area contributed by atoms with Crippen molar-refractivity contribution in [2.75, 3.05) is 0 Å². The second kappa shape index (κ2) is 5.24. The Labute approximate surface area is 116 Å². The van der Waals surface area contributed by atoms with E-state index in [1.165, 1.54) is 0 Å². The van der Waals surface area contributed by atoms with Crippen LogP contribution in [0.4, 0.5) is 0 Å². The SMILES string of the molecule is N=C1CCCC1=C(N)c1nnnn1Cc1ccccc1. The number of nitrogens with two attached hydrogens (primary N) is 1. The molecule has 0 saturated heterocycles. The Balaban J connectivity index is 1.93. The highest BCUT2D eigenvalue weighted by molar-refractivity contribution is 6.05. The van der Waals surface area contributed by atoms with Crippen LogP contribution in [0.1, 0.15) is 30.7 Å². The third kappa shape index (κ3) is 2.32. The molecule has 1 aromatic heterocycles. The molecule has 0 radical (unpaired) electrons. The fraction of sp³-hybridized carbons (Fsp3) is 0.286. The smallest absolute Gasteiger partial charge is 0.198 e. The average Bonchev–Trinajstić information content (AvgIpc) is 3.08. The molecule has 1 aromatic carbocycles. The van der Waals surface area contributed by atoms with Gasteiger partial charge in [0.25, 0.3) is 0 Å². The lowest BCUT2D eigenvalue weighted by molar-refractivity contribution is 0.641. The summed E-state index contributed by atoms with van der Waals surface area (Å²) in [5, 5.41) is 19.6. The summed E-state index contributed by atoms with van der Waals surface area (Å²) in [6.45, 7) is 0.574. The van der Waals surface area contributed by atoms with Crippen molar-refractivity contribution in [2.24, 2.45) is 5.73 Å². The fourth-order valence-electron chi connectivity index (χ4n) is 2.44. The van der Waals surface area contributed by atoms with Gasteiger partial charge in [0.1, 0.15) is 0 Å². The normalized spacial score (nSPS) is 17.5. The lowest BCUT2D eigenvalue weighted by Crippen LogP contribution is -2.13. The quantitative estimate of drug-likeness (QED) is 0.884. The molecule has 3 N–H and O–H groups in total. The molecule has 2 aromatic rings. The van der Waals surface area contributed by atoms with Gasteiger partial charge in [-0.25, -0.2) is 4.68 Å². The van der Waals surface area contributed by atoms with Crippen LogP contribution in [-0.4, -0.2) is 25.9 Å². The molecule has 1 fully saturated rings. The van der Waals surface area contributed by atoms with Crippen molar-refractivity contribution >= 4 is 11.4 Å². The Bertz CT molecular complexity index is 655. The molecule has 102 valence electrons. The monoisotopic (exact) mass is 268 g/mol. The van der Waals surface area contributed by atoms with Crippen molar-refractivity contribution in [1.82, 2.24) is 20.2 Å². The molecule has 3 rings (SSSR count). The van der Waals surface area contributed by atoms with Crippen molar-refractivity contribution in [3.63, 3.8) is 0 Å². The van der Waals surface area contributed by atoms with Gasteiger partial charge >= 0.3 is 0 Å². The third-order valence-electron chi connectivity index (χ3n) is 3.49. The van der Waals surface area contributed by atoms with E-state index in [1.807, 2.05) is 30.3 Å². The number of aromatic nitrogens is 4. The average molecular weight is 268 g/mol. The Hall–Kier alpha value is -2.50. The lowest BCUT2D eigenvalue weighted by Gasteiger charge is -2.07. The van der Waals surface area contributed by atoms with Gasteiger partial charge in [-0.2, -0.15) is 0 Å². The summed E-state index contributed by atoms with van der Waals surface area (Å²) in [6, 6.07) is 9.97. The van der Waals surface area contributed by atoms with E-state index in [-0.39, 0.29) is 0 Å². The van der Waals surface area contributed by atoms with Gasteiger partial charge in [0.05, 0.1) is 12.2 Å². The van der Waals surface area contributed by atoms with Gasteiger partial charge in [-0.05, 0) is 40.8 Å². The van der Waals surface area contributed by atoms with Crippen LogP contribution in [0.5, 0.6) is 0 Å². The topological polar surface area (TPSA) is 93.5 Å². The van der Waals surface area contributed by atoms with Crippen LogP contribution in [0.3, 0.4) is 0 Å². The summed E-state index contributed by atoms with van der Waals surface area (Å²) >= 11 is 0. The minimum Gasteiger partial charge on any atom is -0.395 e. The van der Waals surface area contributed by atoms with Gasteiger partial charge in [-0.3, -0.25) is 0 Å². The summed E-state index contributed by atoms with van der Waals surface area (Å²) in [4.78, 5) is 0. The molecule has 6 nitrogen and oxygen atoms in total. The van der Waals surface area contributed by atoms with Crippen LogP contribution in [0.15, 0.2) is 35.9 Å². The molecule has 0 atom stereocenters. The van der Waals surface area contributed by atoms with E-state index in [0.29, 0.717) is 23.8 Å².